The fourth-order valence-corrected chi connectivity index (χ4v) is 3.14. The smallest absolute Gasteiger partial charge is 0.122 e. The van der Waals surface area contributed by atoms with E-state index in [9.17, 15) is 0 Å². The molecule has 1 N–H and O–H groups in total. The molecule has 3 nitrogen and oxygen atoms in total. The molecule has 2 unspecified atom stereocenters. The third-order valence-electron chi connectivity index (χ3n) is 4.32. The lowest BCUT2D eigenvalue weighted by atomic mass is 9.93. The van der Waals surface area contributed by atoms with E-state index in [1.165, 1.54) is 29.5 Å². The van der Waals surface area contributed by atoms with Crippen LogP contribution in [-0.4, -0.2) is 26.4 Å². The van der Waals surface area contributed by atoms with Gasteiger partial charge in [-0.05, 0) is 68.8 Å². The van der Waals surface area contributed by atoms with Crippen molar-refractivity contribution in [3.63, 3.8) is 0 Å². The summed E-state index contributed by atoms with van der Waals surface area (Å²) in [5, 5.41) is 3.70. The molecule has 1 aromatic rings. The Bertz CT molecular complexity index is 453. The Morgan fingerprint density at radius 3 is 2.76 bits per heavy atom. The van der Waals surface area contributed by atoms with Gasteiger partial charge >= 0.3 is 0 Å². The molecule has 3 heteroatoms. The van der Waals surface area contributed by atoms with Crippen molar-refractivity contribution in [3.05, 3.63) is 28.8 Å². The van der Waals surface area contributed by atoms with Gasteiger partial charge in [0.25, 0.3) is 0 Å². The third-order valence-corrected chi connectivity index (χ3v) is 4.32. The summed E-state index contributed by atoms with van der Waals surface area (Å²) in [6.45, 7) is 8.47. The van der Waals surface area contributed by atoms with Gasteiger partial charge in [0, 0.05) is 12.6 Å². The van der Waals surface area contributed by atoms with Gasteiger partial charge in [0.1, 0.15) is 5.75 Å². The first-order valence-electron chi connectivity index (χ1n) is 8.15. The largest absolute Gasteiger partial charge is 0.496 e. The Balaban J connectivity index is 2.20. The van der Waals surface area contributed by atoms with Gasteiger partial charge < -0.3 is 14.8 Å². The lowest BCUT2D eigenvalue weighted by molar-refractivity contribution is 0.0945. The first-order valence-corrected chi connectivity index (χ1v) is 8.15. The van der Waals surface area contributed by atoms with E-state index >= 15 is 0 Å². The quantitative estimate of drug-likeness (QED) is 0.826. The fourth-order valence-electron chi connectivity index (χ4n) is 3.14. The average molecular weight is 291 g/mol. The maximum Gasteiger partial charge on any atom is 0.122 e. The minimum Gasteiger partial charge on any atom is -0.496 e. The Hall–Kier alpha value is -1.06. The van der Waals surface area contributed by atoms with Crippen molar-refractivity contribution >= 4 is 0 Å². The zero-order valence-electron chi connectivity index (χ0n) is 13.9. The van der Waals surface area contributed by atoms with Crippen molar-refractivity contribution in [2.45, 2.75) is 58.6 Å². The summed E-state index contributed by atoms with van der Waals surface area (Å²) in [7, 11) is 1.74. The molecule has 1 aliphatic rings. The number of nitrogens with one attached hydrogen (secondary N) is 1. The predicted octanol–water partition coefficient (Wildman–Crippen LogP) is 3.92. The number of ether oxygens (including phenoxy) is 2. The van der Waals surface area contributed by atoms with E-state index in [2.05, 4.69) is 38.2 Å². The van der Waals surface area contributed by atoms with Crippen LogP contribution in [-0.2, 0) is 4.74 Å². The maximum atomic E-state index is 5.84. The summed E-state index contributed by atoms with van der Waals surface area (Å²) in [5.74, 6) is 0.975. The molecule has 0 bridgehead atoms. The van der Waals surface area contributed by atoms with Gasteiger partial charge in [-0.3, -0.25) is 0 Å². The number of methoxy groups -OCH3 is 1. The van der Waals surface area contributed by atoms with Crippen LogP contribution in [0.3, 0.4) is 0 Å². The topological polar surface area (TPSA) is 30.5 Å². The van der Waals surface area contributed by atoms with Gasteiger partial charge in [-0.1, -0.05) is 13.0 Å². The Labute approximate surface area is 129 Å². The highest BCUT2D eigenvalue weighted by Gasteiger charge is 2.23. The maximum absolute atomic E-state index is 5.84. The zero-order chi connectivity index (χ0) is 15.2. The minimum atomic E-state index is 0.373. The zero-order valence-corrected chi connectivity index (χ0v) is 13.9. The highest BCUT2D eigenvalue weighted by atomic mass is 16.5. The summed E-state index contributed by atoms with van der Waals surface area (Å²) in [6, 6.07) is 4.80. The van der Waals surface area contributed by atoms with E-state index in [-0.39, 0.29) is 0 Å². The van der Waals surface area contributed by atoms with Crippen molar-refractivity contribution in [1.82, 2.24) is 5.32 Å². The molecule has 1 fully saturated rings. The number of rotatable bonds is 7. The van der Waals surface area contributed by atoms with Crippen LogP contribution >= 0.6 is 0 Å². The first-order chi connectivity index (χ1) is 10.2. The highest BCUT2D eigenvalue weighted by molar-refractivity contribution is 5.43. The third kappa shape index (κ3) is 4.21. The van der Waals surface area contributed by atoms with Crippen molar-refractivity contribution in [1.29, 1.82) is 0 Å². The van der Waals surface area contributed by atoms with Gasteiger partial charge in [0.2, 0.25) is 0 Å². The molecule has 21 heavy (non-hydrogen) atoms. The Kier molecular flexibility index (Phi) is 6.07. The number of benzene rings is 1. The second-order valence-electron chi connectivity index (χ2n) is 6.06. The van der Waals surface area contributed by atoms with Crippen LogP contribution in [0.4, 0.5) is 0 Å². The van der Waals surface area contributed by atoms with Crippen LogP contribution in [0.25, 0.3) is 0 Å². The summed E-state index contributed by atoms with van der Waals surface area (Å²) in [5.41, 5.74) is 3.88. The van der Waals surface area contributed by atoms with Gasteiger partial charge in [-0.2, -0.15) is 0 Å². The molecule has 0 aliphatic carbocycles. The molecule has 1 saturated heterocycles. The van der Waals surface area contributed by atoms with Crippen molar-refractivity contribution in [2.75, 3.05) is 20.3 Å². The van der Waals surface area contributed by atoms with Crippen LogP contribution in [0.15, 0.2) is 12.1 Å². The SMILES string of the molecule is CCCNC(CC1CCCO1)c1cc(C)c(OC)cc1C. The Morgan fingerprint density at radius 2 is 2.14 bits per heavy atom. The lowest BCUT2D eigenvalue weighted by Crippen LogP contribution is -2.27. The monoisotopic (exact) mass is 291 g/mol. The number of hydrogen-bond acceptors (Lipinski definition) is 3. The fraction of sp³-hybridized carbons (Fsp3) is 0.667. The molecule has 0 spiro atoms. The molecular weight excluding hydrogens is 262 g/mol. The Morgan fingerprint density at radius 1 is 1.33 bits per heavy atom. The van der Waals surface area contributed by atoms with Gasteiger partial charge in [-0.15, -0.1) is 0 Å². The molecule has 0 saturated carbocycles. The minimum absolute atomic E-state index is 0.373. The molecule has 1 aromatic carbocycles. The molecule has 1 heterocycles. The summed E-state index contributed by atoms with van der Waals surface area (Å²) in [6.07, 6.45) is 5.01. The molecule has 0 aromatic heterocycles. The van der Waals surface area contributed by atoms with Crippen molar-refractivity contribution < 1.29 is 9.47 Å². The van der Waals surface area contributed by atoms with E-state index in [1.54, 1.807) is 7.11 Å². The first kappa shape index (κ1) is 16.3. The highest BCUT2D eigenvalue weighted by Crippen LogP contribution is 2.31. The molecular formula is C18H29NO2. The van der Waals surface area contributed by atoms with Crippen molar-refractivity contribution in [3.8, 4) is 5.75 Å². The lowest BCUT2D eigenvalue weighted by Gasteiger charge is -2.24. The summed E-state index contributed by atoms with van der Waals surface area (Å²) < 4.78 is 11.3. The van der Waals surface area contributed by atoms with E-state index in [0.717, 1.165) is 31.7 Å². The van der Waals surface area contributed by atoms with Crippen LogP contribution in [0.5, 0.6) is 5.75 Å². The standard InChI is InChI=1S/C18H29NO2/c1-5-8-19-17(12-15-7-6-9-21-15)16-10-14(3)18(20-4)11-13(16)2/h10-11,15,17,19H,5-9,12H2,1-4H3. The van der Waals surface area contributed by atoms with Gasteiger partial charge in [-0.25, -0.2) is 0 Å². The summed E-state index contributed by atoms with van der Waals surface area (Å²) >= 11 is 0. The average Bonchev–Trinajstić information content (AvgIpc) is 2.98. The normalized spacial score (nSPS) is 19.7. The van der Waals surface area contributed by atoms with Crippen molar-refractivity contribution in [2.24, 2.45) is 0 Å². The van der Waals surface area contributed by atoms with Crippen LogP contribution in [0.1, 0.15) is 55.3 Å². The van der Waals surface area contributed by atoms with Crippen LogP contribution in [0, 0.1) is 13.8 Å². The van der Waals surface area contributed by atoms with Gasteiger partial charge in [0.15, 0.2) is 0 Å². The molecule has 0 amide bonds. The van der Waals surface area contributed by atoms with E-state index in [4.69, 9.17) is 9.47 Å². The molecule has 1 aliphatic heterocycles. The predicted molar refractivity (Wildman–Crippen MR) is 87.1 cm³/mol. The molecule has 118 valence electrons. The van der Waals surface area contributed by atoms with E-state index < -0.39 is 0 Å². The second-order valence-corrected chi connectivity index (χ2v) is 6.06. The van der Waals surface area contributed by atoms with Crippen LogP contribution in [0.2, 0.25) is 0 Å². The van der Waals surface area contributed by atoms with Gasteiger partial charge in [0.05, 0.1) is 13.2 Å². The van der Waals surface area contributed by atoms with E-state index in [0.29, 0.717) is 12.1 Å². The van der Waals surface area contributed by atoms with Crippen LogP contribution < -0.4 is 10.1 Å². The molecule has 0 radical (unpaired) electrons. The number of aryl methyl sites for hydroxylation is 2. The summed E-state index contributed by atoms with van der Waals surface area (Å²) in [4.78, 5) is 0. The second kappa shape index (κ2) is 7.81. The molecule has 2 atom stereocenters. The molecule has 2 rings (SSSR count). The van der Waals surface area contributed by atoms with E-state index in [1.807, 2.05) is 0 Å². The number of hydrogen-bond donors (Lipinski definition) is 1.